The second-order valence-corrected chi connectivity index (χ2v) is 8.29. The molecule has 7 heteroatoms. The third-order valence-corrected chi connectivity index (χ3v) is 5.99. The molecule has 3 rings (SSSR count). The lowest BCUT2D eigenvalue weighted by molar-refractivity contribution is -0.137. The number of likely N-dealkylation sites (tertiary alicyclic amines) is 1. The van der Waals surface area contributed by atoms with Gasteiger partial charge in [0.2, 0.25) is 10.8 Å². The Morgan fingerprint density at radius 1 is 1.43 bits per heavy atom. The van der Waals surface area contributed by atoms with E-state index in [0.717, 1.165) is 6.42 Å². The standard InChI is InChI=1S/C16H22N2O4S/c1-12(2)15(19)18-9-5-8-16(10-18)11-22-13-6-3-4-7-14(13)23(20,21)17-16/h3-4,6-7,12H,5,8-11H2,1-2H3,(H-,17,20,21). The molecule has 1 N–H and O–H groups in total. The van der Waals surface area contributed by atoms with E-state index in [4.69, 9.17) is 4.74 Å². The minimum atomic E-state index is -3.67. The van der Waals surface area contributed by atoms with Gasteiger partial charge in [-0.05, 0) is 25.0 Å². The topological polar surface area (TPSA) is 81.7 Å². The zero-order valence-electron chi connectivity index (χ0n) is 13.4. The molecule has 1 aromatic rings. The molecule has 1 amide bonds. The number of piperidine rings is 1. The van der Waals surface area contributed by atoms with Gasteiger partial charge in [0.05, 0.1) is 0 Å². The third kappa shape index (κ3) is 3.13. The monoisotopic (exact) mass is 338 g/mol. The van der Waals surface area contributed by atoms with E-state index in [1.807, 2.05) is 13.8 Å². The summed E-state index contributed by atoms with van der Waals surface area (Å²) in [5.74, 6) is 0.305. The SMILES string of the molecule is CC(C)C(=O)N1CCCC2(COc3ccccc3[S+](=O)([O-])N2)C1. The Balaban J connectivity index is 1.89. The molecule has 1 fully saturated rings. The van der Waals surface area contributed by atoms with Gasteiger partial charge in [-0.2, -0.15) is 0 Å². The van der Waals surface area contributed by atoms with Crippen LogP contribution in [0.2, 0.25) is 0 Å². The van der Waals surface area contributed by atoms with Crippen LogP contribution in [0.3, 0.4) is 0 Å². The lowest BCUT2D eigenvalue weighted by atomic mass is 9.90. The minimum absolute atomic E-state index is 0.0463. The van der Waals surface area contributed by atoms with Crippen LogP contribution in [0.15, 0.2) is 29.2 Å². The van der Waals surface area contributed by atoms with Crippen molar-refractivity contribution in [1.82, 2.24) is 9.62 Å². The minimum Gasteiger partial charge on any atom is -0.593 e. The first-order chi connectivity index (χ1) is 10.8. The summed E-state index contributed by atoms with van der Waals surface area (Å²) >= 11 is 0. The zero-order valence-corrected chi connectivity index (χ0v) is 14.2. The van der Waals surface area contributed by atoms with E-state index in [2.05, 4.69) is 4.72 Å². The van der Waals surface area contributed by atoms with E-state index in [1.165, 1.54) is 6.07 Å². The van der Waals surface area contributed by atoms with Gasteiger partial charge in [0.25, 0.3) is 0 Å². The van der Waals surface area contributed by atoms with Crippen molar-refractivity contribution in [3.05, 3.63) is 24.3 Å². The summed E-state index contributed by atoms with van der Waals surface area (Å²) < 4.78 is 34.0. The fourth-order valence-electron chi connectivity index (χ4n) is 3.26. The van der Waals surface area contributed by atoms with E-state index in [-0.39, 0.29) is 23.3 Å². The van der Waals surface area contributed by atoms with Crippen LogP contribution in [0, 0.1) is 5.92 Å². The molecule has 126 valence electrons. The summed E-state index contributed by atoms with van der Waals surface area (Å²) in [6.07, 6.45) is 1.41. The first kappa shape index (κ1) is 16.4. The molecule has 0 aliphatic carbocycles. The Kier molecular flexibility index (Phi) is 4.20. The van der Waals surface area contributed by atoms with Crippen LogP contribution in [-0.2, 0) is 19.4 Å². The van der Waals surface area contributed by atoms with Crippen LogP contribution in [0.1, 0.15) is 26.7 Å². The second kappa shape index (κ2) is 5.89. The van der Waals surface area contributed by atoms with Gasteiger partial charge in [-0.25, -0.2) is 0 Å². The van der Waals surface area contributed by atoms with Gasteiger partial charge in [-0.1, -0.05) is 30.2 Å². The fraction of sp³-hybridized carbons (Fsp3) is 0.562. The number of para-hydroxylation sites is 1. The number of sulfonamides is 1. The molecular formula is C16H22N2O4S. The predicted molar refractivity (Wildman–Crippen MR) is 85.6 cm³/mol. The maximum Gasteiger partial charge on any atom is 0.225 e. The summed E-state index contributed by atoms with van der Waals surface area (Å²) in [5, 5.41) is 0. The molecule has 1 saturated heterocycles. The van der Waals surface area contributed by atoms with Crippen LogP contribution in [0.25, 0.3) is 0 Å². The number of amides is 1. The van der Waals surface area contributed by atoms with Gasteiger partial charge >= 0.3 is 0 Å². The quantitative estimate of drug-likeness (QED) is 0.789. The van der Waals surface area contributed by atoms with Crippen molar-refractivity contribution in [2.45, 2.75) is 37.1 Å². The molecule has 1 aromatic carbocycles. The Morgan fingerprint density at radius 3 is 2.91 bits per heavy atom. The van der Waals surface area contributed by atoms with Crippen LogP contribution < -0.4 is 9.46 Å². The molecule has 0 saturated carbocycles. The second-order valence-electron chi connectivity index (χ2n) is 6.64. The highest BCUT2D eigenvalue weighted by Gasteiger charge is 2.47. The maximum atomic E-state index is 12.7. The number of ether oxygens (including phenoxy) is 1. The van der Waals surface area contributed by atoms with Crippen molar-refractivity contribution in [3.63, 3.8) is 0 Å². The van der Waals surface area contributed by atoms with Crippen LogP contribution in [0.5, 0.6) is 5.75 Å². The van der Waals surface area contributed by atoms with Gasteiger partial charge in [0.1, 0.15) is 12.1 Å². The van der Waals surface area contributed by atoms with Gasteiger partial charge in [-0.15, -0.1) is 4.72 Å². The van der Waals surface area contributed by atoms with Crippen LogP contribution in [0.4, 0.5) is 0 Å². The maximum absolute atomic E-state index is 12.7. The molecule has 2 aliphatic rings. The number of hydrogen-bond donors (Lipinski definition) is 1. The van der Waals surface area contributed by atoms with Crippen LogP contribution in [-0.4, -0.2) is 40.6 Å². The molecule has 2 unspecified atom stereocenters. The van der Waals surface area contributed by atoms with Crippen molar-refractivity contribution < 1.29 is 18.3 Å². The Morgan fingerprint density at radius 2 is 2.17 bits per heavy atom. The Labute approximate surface area is 137 Å². The number of carbonyl (C=O) groups excluding carboxylic acids is 1. The zero-order chi connectivity index (χ0) is 16.7. The number of carbonyl (C=O) groups is 1. The van der Waals surface area contributed by atoms with Crippen molar-refractivity contribution in [1.29, 1.82) is 0 Å². The number of hydrogen-bond acceptors (Lipinski definition) is 4. The molecule has 2 heterocycles. The third-order valence-electron chi connectivity index (χ3n) is 4.38. The predicted octanol–water partition coefficient (Wildman–Crippen LogP) is 1.59. The highest BCUT2D eigenvalue weighted by atomic mass is 32.3. The number of benzene rings is 1. The highest BCUT2D eigenvalue weighted by molar-refractivity contribution is 7.96. The molecular weight excluding hydrogens is 316 g/mol. The van der Waals surface area contributed by atoms with Crippen molar-refractivity contribution in [3.8, 4) is 5.75 Å². The molecule has 2 atom stereocenters. The smallest absolute Gasteiger partial charge is 0.225 e. The summed E-state index contributed by atoms with van der Waals surface area (Å²) in [4.78, 5) is 14.2. The summed E-state index contributed by atoms with van der Waals surface area (Å²) in [5.41, 5.74) is -0.763. The number of rotatable bonds is 1. The molecule has 2 aliphatic heterocycles. The Bertz CT molecular complexity index is 663. The van der Waals surface area contributed by atoms with Crippen LogP contribution >= 0.6 is 0 Å². The first-order valence-corrected chi connectivity index (χ1v) is 9.36. The van der Waals surface area contributed by atoms with E-state index in [0.29, 0.717) is 25.3 Å². The largest absolute Gasteiger partial charge is 0.593 e. The Hall–Kier alpha value is -1.44. The average molecular weight is 338 g/mol. The molecule has 0 aromatic heterocycles. The van der Waals surface area contributed by atoms with E-state index >= 15 is 0 Å². The molecule has 0 bridgehead atoms. The number of nitrogens with zero attached hydrogens (tertiary/aromatic N) is 1. The van der Waals surface area contributed by atoms with E-state index in [1.54, 1.807) is 23.1 Å². The summed E-state index contributed by atoms with van der Waals surface area (Å²) in [6.45, 7) is 4.94. The van der Waals surface area contributed by atoms with Gasteiger partial charge in [0.15, 0.2) is 16.1 Å². The van der Waals surface area contributed by atoms with Crippen molar-refractivity contribution in [2.75, 3.05) is 19.7 Å². The average Bonchev–Trinajstić information content (AvgIpc) is 2.62. The summed E-state index contributed by atoms with van der Waals surface area (Å²) in [7, 11) is -3.67. The molecule has 6 nitrogen and oxygen atoms in total. The summed E-state index contributed by atoms with van der Waals surface area (Å²) in [6, 6.07) is 6.63. The van der Waals surface area contributed by atoms with Gasteiger partial charge < -0.3 is 14.2 Å². The van der Waals surface area contributed by atoms with Crippen molar-refractivity contribution >= 4 is 16.3 Å². The van der Waals surface area contributed by atoms with E-state index in [9.17, 15) is 13.6 Å². The van der Waals surface area contributed by atoms with Gasteiger partial charge in [0, 0.05) is 19.0 Å². The molecule has 0 radical (unpaired) electrons. The highest BCUT2D eigenvalue weighted by Crippen LogP contribution is 2.34. The molecule has 23 heavy (non-hydrogen) atoms. The van der Waals surface area contributed by atoms with Crippen molar-refractivity contribution in [2.24, 2.45) is 5.92 Å². The number of fused-ring (bicyclic) bond motifs is 1. The lowest BCUT2D eigenvalue weighted by Crippen LogP contribution is -2.63. The molecule has 1 spiro atoms. The lowest BCUT2D eigenvalue weighted by Gasteiger charge is -2.41. The normalized spacial score (nSPS) is 30.7. The first-order valence-electron chi connectivity index (χ1n) is 7.88. The fourth-order valence-corrected chi connectivity index (χ4v) is 4.82. The van der Waals surface area contributed by atoms with E-state index < -0.39 is 15.9 Å². The van der Waals surface area contributed by atoms with Gasteiger partial charge in [-0.3, -0.25) is 4.79 Å². The number of nitrogens with one attached hydrogen (secondary N) is 1.